The maximum absolute atomic E-state index is 12.5. The molecule has 0 fully saturated rings. The summed E-state index contributed by atoms with van der Waals surface area (Å²) in [5, 5.41) is 2.81. The lowest BCUT2D eigenvalue weighted by molar-refractivity contribution is -0.115. The van der Waals surface area contributed by atoms with Crippen LogP contribution in [0, 0.1) is 6.92 Å². The van der Waals surface area contributed by atoms with Crippen molar-refractivity contribution in [2.45, 2.75) is 37.6 Å². The zero-order valence-corrected chi connectivity index (χ0v) is 15.7. The van der Waals surface area contributed by atoms with E-state index in [1.807, 2.05) is 6.92 Å². The predicted molar refractivity (Wildman–Crippen MR) is 101 cm³/mol. The number of rotatable bonds is 7. The maximum atomic E-state index is 12.5. The summed E-state index contributed by atoms with van der Waals surface area (Å²) >= 11 is 1.21. The topological polar surface area (TPSA) is 101 Å². The van der Waals surface area contributed by atoms with Gasteiger partial charge in [0.1, 0.15) is 0 Å². The zero-order chi connectivity index (χ0) is 19.1. The molecular weight excluding hydrogens is 354 g/mol. The van der Waals surface area contributed by atoms with Crippen molar-refractivity contribution >= 4 is 29.3 Å². The number of aromatic nitrogens is 2. The molecule has 0 saturated heterocycles. The second-order valence-electron chi connectivity index (χ2n) is 5.49. The number of carbonyl (C=O) groups excluding carboxylic acids is 2. The highest BCUT2D eigenvalue weighted by Crippen LogP contribution is 2.23. The summed E-state index contributed by atoms with van der Waals surface area (Å²) in [7, 11) is 0. The number of amides is 1. The largest absolute Gasteiger partial charge is 0.462 e. The number of nitrogens with zero attached hydrogens (tertiary/aromatic N) is 1. The standard InChI is InChI=1S/C18H21N3O4S/c1-4-14(26-18-19-11(3)10-15(22)21-18)16(23)20-13-8-6-12(7-9-13)17(24)25-5-2/h6-10,14H,4-5H2,1-3H3,(H,20,23)(H,19,21,22). The number of thioether (sulfide) groups is 1. The lowest BCUT2D eigenvalue weighted by Crippen LogP contribution is -2.25. The summed E-state index contributed by atoms with van der Waals surface area (Å²) < 4.78 is 4.92. The van der Waals surface area contributed by atoms with Crippen molar-refractivity contribution in [1.82, 2.24) is 9.97 Å². The summed E-state index contributed by atoms with van der Waals surface area (Å²) in [6.45, 7) is 5.66. The smallest absolute Gasteiger partial charge is 0.338 e. The second-order valence-corrected chi connectivity index (χ2v) is 6.69. The molecule has 0 bridgehead atoms. The van der Waals surface area contributed by atoms with Crippen molar-refractivity contribution < 1.29 is 14.3 Å². The fraction of sp³-hybridized carbons (Fsp3) is 0.333. The normalized spacial score (nSPS) is 11.7. The van der Waals surface area contributed by atoms with Crippen LogP contribution in [0.3, 0.4) is 0 Å². The average molecular weight is 375 g/mol. The molecule has 0 saturated carbocycles. The van der Waals surface area contributed by atoms with E-state index in [-0.39, 0.29) is 11.5 Å². The number of ether oxygens (including phenoxy) is 1. The molecule has 7 nitrogen and oxygen atoms in total. The van der Waals surface area contributed by atoms with Crippen LogP contribution in [-0.4, -0.2) is 33.7 Å². The second kappa shape index (κ2) is 9.19. The summed E-state index contributed by atoms with van der Waals surface area (Å²) in [6.07, 6.45) is 0.565. The number of anilines is 1. The van der Waals surface area contributed by atoms with E-state index in [0.717, 1.165) is 0 Å². The molecule has 1 aromatic heterocycles. The van der Waals surface area contributed by atoms with E-state index < -0.39 is 11.2 Å². The highest BCUT2D eigenvalue weighted by Gasteiger charge is 2.19. The molecule has 2 aromatic rings. The van der Waals surface area contributed by atoms with Crippen LogP contribution in [-0.2, 0) is 9.53 Å². The quantitative estimate of drug-likeness (QED) is 0.438. The van der Waals surface area contributed by atoms with E-state index in [4.69, 9.17) is 4.74 Å². The summed E-state index contributed by atoms with van der Waals surface area (Å²) in [5.41, 5.74) is 1.35. The molecular formula is C18H21N3O4S. The number of nitrogens with one attached hydrogen (secondary N) is 2. The minimum Gasteiger partial charge on any atom is -0.462 e. The van der Waals surface area contributed by atoms with Gasteiger partial charge in [-0.25, -0.2) is 9.78 Å². The number of carbonyl (C=O) groups is 2. The highest BCUT2D eigenvalue weighted by molar-refractivity contribution is 8.00. The van der Waals surface area contributed by atoms with Crippen molar-refractivity contribution in [1.29, 1.82) is 0 Å². The molecule has 1 unspecified atom stereocenters. The first-order valence-corrected chi connectivity index (χ1v) is 9.13. The lowest BCUT2D eigenvalue weighted by atomic mass is 10.2. The van der Waals surface area contributed by atoms with Gasteiger partial charge in [-0.1, -0.05) is 18.7 Å². The fourth-order valence-electron chi connectivity index (χ4n) is 2.19. The Bertz CT molecular complexity index is 833. The fourth-order valence-corrected chi connectivity index (χ4v) is 3.15. The molecule has 1 heterocycles. The first kappa shape index (κ1) is 19.7. The van der Waals surface area contributed by atoms with Gasteiger partial charge >= 0.3 is 5.97 Å². The average Bonchev–Trinajstić information content (AvgIpc) is 2.59. The molecule has 0 spiro atoms. The molecule has 0 radical (unpaired) electrons. The summed E-state index contributed by atoms with van der Waals surface area (Å²) in [5.74, 6) is -0.604. The molecule has 138 valence electrons. The Hall–Kier alpha value is -2.61. The van der Waals surface area contributed by atoms with Gasteiger partial charge in [0.2, 0.25) is 5.91 Å². The van der Waals surface area contributed by atoms with Gasteiger partial charge in [0, 0.05) is 17.4 Å². The third-order valence-corrected chi connectivity index (χ3v) is 4.68. The van der Waals surface area contributed by atoms with Gasteiger partial charge in [-0.3, -0.25) is 9.59 Å². The van der Waals surface area contributed by atoms with Crippen molar-refractivity contribution in [3.05, 3.63) is 51.9 Å². The van der Waals surface area contributed by atoms with Gasteiger partial charge < -0.3 is 15.0 Å². The van der Waals surface area contributed by atoms with Crippen LogP contribution in [0.15, 0.2) is 40.3 Å². The third kappa shape index (κ3) is 5.45. The number of hydrogen-bond acceptors (Lipinski definition) is 6. The molecule has 2 N–H and O–H groups in total. The molecule has 26 heavy (non-hydrogen) atoms. The van der Waals surface area contributed by atoms with Crippen LogP contribution >= 0.6 is 11.8 Å². The molecule has 0 aliphatic rings. The number of benzene rings is 1. The van der Waals surface area contributed by atoms with Gasteiger partial charge in [-0.15, -0.1) is 0 Å². The Morgan fingerprint density at radius 2 is 1.96 bits per heavy atom. The molecule has 0 aliphatic heterocycles. The molecule has 1 aromatic carbocycles. The number of aromatic amines is 1. The monoisotopic (exact) mass is 375 g/mol. The van der Waals surface area contributed by atoms with Gasteiger partial charge in [0.25, 0.3) is 5.56 Å². The van der Waals surface area contributed by atoms with Crippen LogP contribution < -0.4 is 10.9 Å². The first-order chi connectivity index (χ1) is 12.4. The van der Waals surface area contributed by atoms with Crippen LogP contribution in [0.5, 0.6) is 0 Å². The van der Waals surface area contributed by atoms with Crippen molar-refractivity contribution in [2.24, 2.45) is 0 Å². The van der Waals surface area contributed by atoms with E-state index in [1.165, 1.54) is 17.8 Å². The molecule has 0 aliphatic carbocycles. The third-order valence-electron chi connectivity index (χ3n) is 3.43. The van der Waals surface area contributed by atoms with Gasteiger partial charge in [-0.05, 0) is 44.5 Å². The van der Waals surface area contributed by atoms with Gasteiger partial charge in [0.05, 0.1) is 17.4 Å². The Balaban J connectivity index is 2.04. The van der Waals surface area contributed by atoms with E-state index in [2.05, 4.69) is 15.3 Å². The van der Waals surface area contributed by atoms with Crippen LogP contribution in [0.2, 0.25) is 0 Å². The number of esters is 1. The van der Waals surface area contributed by atoms with Gasteiger partial charge in [0.15, 0.2) is 5.16 Å². The van der Waals surface area contributed by atoms with Crippen molar-refractivity contribution in [3.63, 3.8) is 0 Å². The number of hydrogen-bond donors (Lipinski definition) is 2. The van der Waals surface area contributed by atoms with Crippen LogP contribution in [0.4, 0.5) is 5.69 Å². The van der Waals surface area contributed by atoms with Crippen molar-refractivity contribution in [2.75, 3.05) is 11.9 Å². The van der Waals surface area contributed by atoms with E-state index in [1.54, 1.807) is 38.1 Å². The zero-order valence-electron chi connectivity index (χ0n) is 14.9. The van der Waals surface area contributed by atoms with Crippen LogP contribution in [0.1, 0.15) is 36.3 Å². The SMILES string of the molecule is CCOC(=O)c1ccc(NC(=O)C(CC)Sc2nc(C)cc(=O)[nH]2)cc1. The Morgan fingerprint density at radius 1 is 1.27 bits per heavy atom. The first-order valence-electron chi connectivity index (χ1n) is 8.25. The Kier molecular flexibility index (Phi) is 6.97. The summed E-state index contributed by atoms with van der Waals surface area (Å²) in [6, 6.07) is 7.89. The lowest BCUT2D eigenvalue weighted by Gasteiger charge is -2.14. The Morgan fingerprint density at radius 3 is 2.54 bits per heavy atom. The Labute approximate surface area is 155 Å². The van der Waals surface area contributed by atoms with Crippen molar-refractivity contribution in [3.8, 4) is 0 Å². The van der Waals surface area contributed by atoms with E-state index >= 15 is 0 Å². The molecule has 1 amide bonds. The molecule has 1 atom stereocenters. The van der Waals surface area contributed by atoms with Crippen LogP contribution in [0.25, 0.3) is 0 Å². The van der Waals surface area contributed by atoms with E-state index in [0.29, 0.717) is 35.1 Å². The number of aryl methyl sites for hydroxylation is 1. The minimum atomic E-state index is -0.412. The minimum absolute atomic E-state index is 0.203. The summed E-state index contributed by atoms with van der Waals surface area (Å²) in [4.78, 5) is 42.5. The molecule has 2 rings (SSSR count). The number of H-pyrrole nitrogens is 1. The predicted octanol–water partition coefficient (Wildman–Crippen LogP) is 2.76. The van der Waals surface area contributed by atoms with Gasteiger partial charge in [-0.2, -0.15) is 0 Å². The molecule has 8 heteroatoms. The highest BCUT2D eigenvalue weighted by atomic mass is 32.2. The van der Waals surface area contributed by atoms with E-state index in [9.17, 15) is 14.4 Å². The maximum Gasteiger partial charge on any atom is 0.338 e.